The minimum absolute atomic E-state index is 0.115. The first-order chi connectivity index (χ1) is 10.7. The fourth-order valence-electron chi connectivity index (χ4n) is 3.25. The Bertz CT molecular complexity index is 620. The van der Waals surface area contributed by atoms with Crippen LogP contribution >= 0.6 is 0 Å². The van der Waals surface area contributed by atoms with Crippen LogP contribution in [0.1, 0.15) is 35.3 Å². The number of likely N-dealkylation sites (tertiary alicyclic amines) is 1. The number of hydrogen-bond acceptors (Lipinski definition) is 2. The van der Waals surface area contributed by atoms with Crippen LogP contribution in [-0.4, -0.2) is 33.7 Å². The van der Waals surface area contributed by atoms with Gasteiger partial charge in [-0.3, -0.25) is 9.48 Å². The van der Waals surface area contributed by atoms with Gasteiger partial charge in [0.1, 0.15) is 5.69 Å². The highest BCUT2D eigenvalue weighted by Gasteiger charge is 2.25. The molecule has 22 heavy (non-hydrogen) atoms. The summed E-state index contributed by atoms with van der Waals surface area (Å²) < 4.78 is 1.66. The van der Waals surface area contributed by atoms with Gasteiger partial charge in [0.05, 0.1) is 0 Å². The van der Waals surface area contributed by atoms with Crippen molar-refractivity contribution in [2.24, 2.45) is 13.0 Å². The maximum absolute atomic E-state index is 12.6. The lowest BCUT2D eigenvalue weighted by Crippen LogP contribution is -2.40. The first kappa shape index (κ1) is 14.8. The minimum Gasteiger partial charge on any atom is -0.337 e. The van der Waals surface area contributed by atoms with Gasteiger partial charge < -0.3 is 4.90 Å². The van der Waals surface area contributed by atoms with Crippen molar-refractivity contribution in [2.45, 2.75) is 25.7 Å². The van der Waals surface area contributed by atoms with Gasteiger partial charge in [-0.1, -0.05) is 30.3 Å². The molecule has 1 unspecified atom stereocenters. The summed E-state index contributed by atoms with van der Waals surface area (Å²) in [5.74, 6) is 0.718. The van der Waals surface area contributed by atoms with Crippen LogP contribution in [0.15, 0.2) is 42.6 Å². The number of amides is 1. The molecule has 4 nitrogen and oxygen atoms in total. The van der Waals surface area contributed by atoms with Crippen LogP contribution in [0.2, 0.25) is 0 Å². The molecule has 0 bridgehead atoms. The van der Waals surface area contributed by atoms with Crippen LogP contribution in [0, 0.1) is 5.92 Å². The van der Waals surface area contributed by atoms with E-state index in [9.17, 15) is 4.79 Å². The summed E-state index contributed by atoms with van der Waals surface area (Å²) in [6.07, 6.45) is 6.26. The molecule has 1 aromatic heterocycles. The van der Waals surface area contributed by atoms with Crippen LogP contribution in [0.4, 0.5) is 0 Å². The quantitative estimate of drug-likeness (QED) is 0.870. The molecule has 4 heteroatoms. The number of benzene rings is 1. The van der Waals surface area contributed by atoms with E-state index < -0.39 is 0 Å². The maximum Gasteiger partial charge on any atom is 0.272 e. The number of aryl methyl sites for hydroxylation is 2. The van der Waals surface area contributed by atoms with Gasteiger partial charge >= 0.3 is 0 Å². The summed E-state index contributed by atoms with van der Waals surface area (Å²) in [6.45, 7) is 1.74. The highest BCUT2D eigenvalue weighted by atomic mass is 16.2. The van der Waals surface area contributed by atoms with Crippen molar-refractivity contribution in [1.82, 2.24) is 14.7 Å². The largest absolute Gasteiger partial charge is 0.337 e. The van der Waals surface area contributed by atoms with Gasteiger partial charge in [0.2, 0.25) is 0 Å². The summed E-state index contributed by atoms with van der Waals surface area (Å²) in [4.78, 5) is 14.6. The molecule has 0 saturated carbocycles. The van der Waals surface area contributed by atoms with Crippen LogP contribution in [0.5, 0.6) is 0 Å². The van der Waals surface area contributed by atoms with Gasteiger partial charge in [-0.2, -0.15) is 5.10 Å². The lowest BCUT2D eigenvalue weighted by molar-refractivity contribution is 0.0657. The fourth-order valence-corrected chi connectivity index (χ4v) is 3.25. The second-order valence-corrected chi connectivity index (χ2v) is 6.12. The molecule has 0 radical (unpaired) electrons. The van der Waals surface area contributed by atoms with Gasteiger partial charge in [-0.25, -0.2) is 0 Å². The van der Waals surface area contributed by atoms with E-state index in [1.807, 2.05) is 11.9 Å². The molecule has 1 amide bonds. The van der Waals surface area contributed by atoms with E-state index in [1.54, 1.807) is 16.9 Å². The molecule has 2 heterocycles. The predicted octanol–water partition coefficient (Wildman–Crippen LogP) is 2.91. The lowest BCUT2D eigenvalue weighted by atomic mass is 9.91. The molecule has 0 aliphatic carbocycles. The Labute approximate surface area is 131 Å². The van der Waals surface area contributed by atoms with E-state index >= 15 is 0 Å². The van der Waals surface area contributed by atoms with Gasteiger partial charge in [-0.05, 0) is 43.2 Å². The summed E-state index contributed by atoms with van der Waals surface area (Å²) in [5.41, 5.74) is 2.07. The Morgan fingerprint density at radius 1 is 1.27 bits per heavy atom. The van der Waals surface area contributed by atoms with E-state index in [2.05, 4.69) is 35.4 Å². The zero-order chi connectivity index (χ0) is 15.4. The molecule has 1 aliphatic heterocycles. The normalized spacial score (nSPS) is 18.4. The second-order valence-electron chi connectivity index (χ2n) is 6.12. The summed E-state index contributed by atoms with van der Waals surface area (Å²) in [6, 6.07) is 12.4. The molecule has 1 fully saturated rings. The first-order valence-electron chi connectivity index (χ1n) is 8.05. The summed E-state index contributed by atoms with van der Waals surface area (Å²) in [7, 11) is 1.82. The van der Waals surface area contributed by atoms with Crippen LogP contribution in [0.3, 0.4) is 0 Å². The third-order valence-electron chi connectivity index (χ3n) is 4.53. The number of hydrogen-bond donors (Lipinski definition) is 0. The van der Waals surface area contributed by atoms with E-state index in [0.717, 1.165) is 32.4 Å². The molecule has 0 spiro atoms. The van der Waals surface area contributed by atoms with Crippen LogP contribution in [-0.2, 0) is 13.5 Å². The average molecular weight is 297 g/mol. The Hall–Kier alpha value is -2.10. The Balaban J connectivity index is 1.57. The van der Waals surface area contributed by atoms with Gasteiger partial charge in [0, 0.05) is 26.3 Å². The molecule has 2 aromatic rings. The SMILES string of the molecule is Cn1nccc1C(=O)N1CCCC(CCc2ccccc2)C1. The number of carbonyl (C=O) groups excluding carboxylic acids is 1. The number of nitrogens with zero attached hydrogens (tertiary/aromatic N) is 3. The monoisotopic (exact) mass is 297 g/mol. The van der Waals surface area contributed by atoms with E-state index in [1.165, 1.54) is 12.0 Å². The van der Waals surface area contributed by atoms with Gasteiger partial charge in [0.25, 0.3) is 5.91 Å². The van der Waals surface area contributed by atoms with Crippen LogP contribution in [0.25, 0.3) is 0 Å². The molecule has 1 atom stereocenters. The average Bonchev–Trinajstić information content (AvgIpc) is 2.99. The standard InChI is InChI=1S/C18H23N3O/c1-20-17(11-12-19-20)18(22)21-13-5-8-16(14-21)10-9-15-6-3-2-4-7-15/h2-4,6-7,11-12,16H,5,8-10,13-14H2,1H3. The van der Waals surface area contributed by atoms with Crippen molar-refractivity contribution in [1.29, 1.82) is 0 Å². The fraction of sp³-hybridized carbons (Fsp3) is 0.444. The van der Waals surface area contributed by atoms with Crippen molar-refractivity contribution in [3.63, 3.8) is 0 Å². The number of carbonyl (C=O) groups is 1. The Morgan fingerprint density at radius 2 is 2.09 bits per heavy atom. The van der Waals surface area contributed by atoms with Crippen molar-refractivity contribution in [3.8, 4) is 0 Å². The second kappa shape index (κ2) is 6.77. The highest BCUT2D eigenvalue weighted by molar-refractivity contribution is 5.92. The van der Waals surface area contributed by atoms with E-state index in [4.69, 9.17) is 0 Å². The zero-order valence-corrected chi connectivity index (χ0v) is 13.1. The summed E-state index contributed by atoms with van der Waals surface area (Å²) in [5, 5.41) is 4.10. The lowest BCUT2D eigenvalue weighted by Gasteiger charge is -2.32. The molecular weight excluding hydrogens is 274 g/mol. The predicted molar refractivity (Wildman–Crippen MR) is 86.6 cm³/mol. The molecule has 1 saturated heterocycles. The van der Waals surface area contributed by atoms with Crippen molar-refractivity contribution in [2.75, 3.05) is 13.1 Å². The van der Waals surface area contributed by atoms with Gasteiger partial charge in [0.15, 0.2) is 0 Å². The number of piperidine rings is 1. The number of aromatic nitrogens is 2. The highest BCUT2D eigenvalue weighted by Crippen LogP contribution is 2.22. The molecular formula is C18H23N3O. The molecule has 3 rings (SSSR count). The topological polar surface area (TPSA) is 38.1 Å². The molecule has 116 valence electrons. The first-order valence-corrected chi connectivity index (χ1v) is 8.05. The molecule has 1 aliphatic rings. The third kappa shape index (κ3) is 3.38. The van der Waals surface area contributed by atoms with Crippen molar-refractivity contribution < 1.29 is 4.79 Å². The Morgan fingerprint density at radius 3 is 2.82 bits per heavy atom. The molecule has 1 aromatic carbocycles. The van der Waals surface area contributed by atoms with E-state index in [0.29, 0.717) is 11.6 Å². The van der Waals surface area contributed by atoms with Crippen molar-refractivity contribution in [3.05, 3.63) is 53.9 Å². The zero-order valence-electron chi connectivity index (χ0n) is 13.1. The molecule has 0 N–H and O–H groups in total. The number of rotatable bonds is 4. The maximum atomic E-state index is 12.6. The van der Waals surface area contributed by atoms with Crippen LogP contribution < -0.4 is 0 Å². The Kier molecular flexibility index (Phi) is 4.56. The summed E-state index contributed by atoms with van der Waals surface area (Å²) >= 11 is 0. The third-order valence-corrected chi connectivity index (χ3v) is 4.53. The minimum atomic E-state index is 0.115. The smallest absolute Gasteiger partial charge is 0.272 e. The van der Waals surface area contributed by atoms with Gasteiger partial charge in [-0.15, -0.1) is 0 Å². The van der Waals surface area contributed by atoms with Crippen molar-refractivity contribution >= 4 is 5.91 Å². The van der Waals surface area contributed by atoms with E-state index in [-0.39, 0.29) is 5.91 Å².